The molecule has 1 aliphatic heterocycles. The summed E-state index contributed by atoms with van der Waals surface area (Å²) in [6.45, 7) is 6.03. The lowest BCUT2D eigenvalue weighted by Gasteiger charge is -2.34. The number of alkyl halides is 2. The first-order valence-electron chi connectivity index (χ1n) is 7.61. The molecule has 2 rings (SSSR count). The van der Waals surface area contributed by atoms with E-state index in [1.807, 2.05) is 29.2 Å². The van der Waals surface area contributed by atoms with Crippen molar-refractivity contribution in [3.05, 3.63) is 35.4 Å². The molecule has 1 heterocycles. The molecule has 0 aliphatic carbocycles. The monoisotopic (exact) mass is 310 g/mol. The van der Waals surface area contributed by atoms with Crippen molar-refractivity contribution < 1.29 is 13.5 Å². The Morgan fingerprint density at radius 3 is 2.27 bits per heavy atom. The summed E-state index contributed by atoms with van der Waals surface area (Å²) in [4.78, 5) is 4.15. The topological polar surface area (TPSA) is 15.7 Å². The number of piperazine rings is 1. The van der Waals surface area contributed by atoms with E-state index in [1.165, 1.54) is 5.57 Å². The predicted molar refractivity (Wildman–Crippen MR) is 85.5 cm³/mol. The molecular weight excluding hydrogens is 286 g/mol. The van der Waals surface area contributed by atoms with Crippen LogP contribution in [0, 0.1) is 0 Å². The van der Waals surface area contributed by atoms with E-state index in [4.69, 9.17) is 4.74 Å². The zero-order valence-corrected chi connectivity index (χ0v) is 13.3. The van der Waals surface area contributed by atoms with Crippen LogP contribution in [0.25, 0.3) is 6.08 Å². The van der Waals surface area contributed by atoms with Crippen LogP contribution in [0.2, 0.25) is 0 Å². The Bertz CT molecular complexity index is 480. The molecule has 1 fully saturated rings. The zero-order valence-electron chi connectivity index (χ0n) is 13.3. The molecular formula is C17H24F2N2O. The van der Waals surface area contributed by atoms with E-state index in [0.717, 1.165) is 44.0 Å². The lowest BCUT2D eigenvalue weighted by molar-refractivity contribution is 0.0586. The van der Waals surface area contributed by atoms with E-state index < -0.39 is 6.43 Å². The summed E-state index contributed by atoms with van der Waals surface area (Å²) in [6.07, 6.45) is -0.0754. The van der Waals surface area contributed by atoms with Gasteiger partial charge in [0.05, 0.1) is 13.7 Å². The molecule has 0 aromatic heterocycles. The highest BCUT2D eigenvalue weighted by Gasteiger charge is 2.19. The Morgan fingerprint density at radius 2 is 1.73 bits per heavy atom. The average Bonchev–Trinajstić information content (AvgIpc) is 2.49. The molecule has 1 aliphatic rings. The highest BCUT2D eigenvalue weighted by molar-refractivity contribution is 5.53. The van der Waals surface area contributed by atoms with Crippen molar-refractivity contribution >= 4 is 6.08 Å². The predicted octanol–water partition coefficient (Wildman–Crippen LogP) is 2.98. The first-order valence-corrected chi connectivity index (χ1v) is 7.61. The van der Waals surface area contributed by atoms with Gasteiger partial charge >= 0.3 is 0 Å². The van der Waals surface area contributed by atoms with E-state index in [9.17, 15) is 8.78 Å². The van der Waals surface area contributed by atoms with E-state index >= 15 is 0 Å². The minimum absolute atomic E-state index is 0.103. The van der Waals surface area contributed by atoms with E-state index in [0.29, 0.717) is 0 Å². The smallest absolute Gasteiger partial charge is 0.251 e. The zero-order chi connectivity index (χ0) is 15.9. The average molecular weight is 310 g/mol. The Morgan fingerprint density at radius 1 is 1.14 bits per heavy atom. The number of hydrogen-bond donors (Lipinski definition) is 0. The molecule has 3 nitrogen and oxygen atoms in total. The molecule has 5 heteroatoms. The van der Waals surface area contributed by atoms with Crippen LogP contribution in [0.5, 0.6) is 5.75 Å². The number of rotatable bonds is 6. The molecule has 0 N–H and O–H groups in total. The molecule has 122 valence electrons. The minimum atomic E-state index is -2.23. The van der Waals surface area contributed by atoms with Crippen molar-refractivity contribution in [2.45, 2.75) is 13.3 Å². The van der Waals surface area contributed by atoms with Crippen LogP contribution in [0.1, 0.15) is 12.5 Å². The molecule has 1 aromatic rings. The number of benzene rings is 1. The number of methoxy groups -OCH3 is 1. The van der Waals surface area contributed by atoms with Gasteiger partial charge in [-0.15, -0.1) is 0 Å². The maximum absolute atomic E-state index is 12.3. The fourth-order valence-corrected chi connectivity index (χ4v) is 2.71. The van der Waals surface area contributed by atoms with E-state index in [-0.39, 0.29) is 6.54 Å². The standard InChI is InChI=1S/C17H24F2N2O/c1-14(11-15-3-5-16(22-2)6-4-15)12-20-7-9-21(10-8-20)13-17(18)19/h3-6,11,17H,7-10,12-13H2,1-2H3/b14-11-. The van der Waals surface area contributed by atoms with Crippen LogP contribution >= 0.6 is 0 Å². The van der Waals surface area contributed by atoms with Crippen LogP contribution < -0.4 is 4.74 Å². The number of nitrogens with zero attached hydrogens (tertiary/aromatic N) is 2. The summed E-state index contributed by atoms with van der Waals surface area (Å²) in [7, 11) is 1.66. The number of ether oxygens (including phenoxy) is 1. The number of hydrogen-bond acceptors (Lipinski definition) is 3. The summed E-state index contributed by atoms with van der Waals surface area (Å²) in [5, 5.41) is 0. The van der Waals surface area contributed by atoms with Gasteiger partial charge in [-0.05, 0) is 24.6 Å². The van der Waals surface area contributed by atoms with Gasteiger partial charge in [-0.3, -0.25) is 9.80 Å². The third kappa shape index (κ3) is 5.39. The summed E-state index contributed by atoms with van der Waals surface area (Å²) in [5.74, 6) is 0.852. The van der Waals surface area contributed by atoms with Gasteiger partial charge in [0.2, 0.25) is 0 Å². The van der Waals surface area contributed by atoms with Crippen molar-refractivity contribution in [1.29, 1.82) is 0 Å². The normalized spacial score (nSPS) is 18.0. The quantitative estimate of drug-likeness (QED) is 0.803. The van der Waals surface area contributed by atoms with Gasteiger partial charge in [0, 0.05) is 32.7 Å². The maximum Gasteiger partial charge on any atom is 0.251 e. The van der Waals surface area contributed by atoms with E-state index in [2.05, 4.69) is 17.9 Å². The van der Waals surface area contributed by atoms with Gasteiger partial charge < -0.3 is 4.74 Å². The van der Waals surface area contributed by atoms with Crippen molar-refractivity contribution in [1.82, 2.24) is 9.80 Å². The van der Waals surface area contributed by atoms with Crippen LogP contribution in [0.4, 0.5) is 8.78 Å². The molecule has 1 aromatic carbocycles. The third-order valence-corrected chi connectivity index (χ3v) is 3.86. The van der Waals surface area contributed by atoms with Crippen LogP contribution in [0.15, 0.2) is 29.8 Å². The van der Waals surface area contributed by atoms with Gasteiger partial charge in [-0.25, -0.2) is 8.78 Å². The fourth-order valence-electron chi connectivity index (χ4n) is 2.71. The molecule has 22 heavy (non-hydrogen) atoms. The minimum Gasteiger partial charge on any atom is -0.497 e. The Labute approximate surface area is 131 Å². The second kappa shape index (κ2) is 8.25. The number of halogens is 2. The van der Waals surface area contributed by atoms with Crippen LogP contribution in [-0.2, 0) is 0 Å². The van der Waals surface area contributed by atoms with Gasteiger partial charge in [0.25, 0.3) is 6.43 Å². The van der Waals surface area contributed by atoms with Gasteiger partial charge in [-0.2, -0.15) is 0 Å². The fraction of sp³-hybridized carbons (Fsp3) is 0.529. The summed E-state index contributed by atoms with van der Waals surface area (Å²) < 4.78 is 29.8. The summed E-state index contributed by atoms with van der Waals surface area (Å²) >= 11 is 0. The Hall–Kier alpha value is -1.46. The van der Waals surface area contributed by atoms with Gasteiger partial charge in [0.15, 0.2) is 0 Å². The van der Waals surface area contributed by atoms with Gasteiger partial charge in [-0.1, -0.05) is 23.8 Å². The molecule has 0 amide bonds. The second-order valence-electron chi connectivity index (χ2n) is 5.73. The maximum atomic E-state index is 12.3. The molecule has 0 radical (unpaired) electrons. The Kier molecular flexibility index (Phi) is 6.34. The second-order valence-corrected chi connectivity index (χ2v) is 5.73. The highest BCUT2D eigenvalue weighted by atomic mass is 19.3. The summed E-state index contributed by atoms with van der Waals surface area (Å²) in [5.41, 5.74) is 2.42. The third-order valence-electron chi connectivity index (χ3n) is 3.86. The largest absolute Gasteiger partial charge is 0.497 e. The van der Waals surface area contributed by atoms with Crippen molar-refractivity contribution in [3.63, 3.8) is 0 Å². The summed E-state index contributed by atoms with van der Waals surface area (Å²) in [6, 6.07) is 7.95. The molecule has 0 unspecified atom stereocenters. The molecule has 1 saturated heterocycles. The highest BCUT2D eigenvalue weighted by Crippen LogP contribution is 2.15. The lowest BCUT2D eigenvalue weighted by Crippen LogP contribution is -2.48. The van der Waals surface area contributed by atoms with Crippen molar-refractivity contribution in [3.8, 4) is 5.75 Å². The molecule has 0 bridgehead atoms. The van der Waals surface area contributed by atoms with Crippen LogP contribution in [-0.4, -0.2) is 62.6 Å². The SMILES string of the molecule is COc1ccc(/C=C(/C)CN2CCN(CC(F)F)CC2)cc1. The molecule has 0 saturated carbocycles. The Balaban J connectivity index is 1.81. The van der Waals surface area contributed by atoms with Gasteiger partial charge in [0.1, 0.15) is 5.75 Å². The van der Waals surface area contributed by atoms with E-state index in [1.54, 1.807) is 7.11 Å². The first kappa shape index (κ1) is 16.9. The lowest BCUT2D eigenvalue weighted by atomic mass is 10.1. The van der Waals surface area contributed by atoms with Crippen molar-refractivity contribution in [2.75, 3.05) is 46.4 Å². The molecule has 0 atom stereocenters. The molecule has 0 spiro atoms. The van der Waals surface area contributed by atoms with Crippen LogP contribution in [0.3, 0.4) is 0 Å². The van der Waals surface area contributed by atoms with Crippen molar-refractivity contribution in [2.24, 2.45) is 0 Å². The first-order chi connectivity index (χ1) is 10.6.